The van der Waals surface area contributed by atoms with Crippen molar-refractivity contribution in [2.45, 2.75) is 56.1 Å². The van der Waals surface area contributed by atoms with Crippen molar-refractivity contribution in [1.29, 1.82) is 0 Å². The van der Waals surface area contributed by atoms with Gasteiger partial charge in [-0.05, 0) is 25.7 Å². The van der Waals surface area contributed by atoms with Gasteiger partial charge in [-0.2, -0.15) is 0 Å². The number of hydrogen-bond acceptors (Lipinski definition) is 3. The van der Waals surface area contributed by atoms with Crippen molar-refractivity contribution in [3.8, 4) is 0 Å². The van der Waals surface area contributed by atoms with Gasteiger partial charge in [0.25, 0.3) is 0 Å². The summed E-state index contributed by atoms with van der Waals surface area (Å²) >= 11 is 0. The van der Waals surface area contributed by atoms with Crippen LogP contribution in [-0.4, -0.2) is 23.6 Å². The molecule has 13 heavy (non-hydrogen) atoms. The molecule has 1 N–H and O–H groups in total. The summed E-state index contributed by atoms with van der Waals surface area (Å²) in [5.74, 6) is 0. The lowest BCUT2D eigenvalue weighted by molar-refractivity contribution is -0.359. The van der Waals surface area contributed by atoms with E-state index in [1.807, 2.05) is 0 Å². The maximum atomic E-state index is 9.07. The van der Waals surface area contributed by atoms with Crippen LogP contribution in [0.2, 0.25) is 0 Å². The molecule has 0 spiro atoms. The Hall–Kier alpha value is -0.120. The van der Waals surface area contributed by atoms with E-state index in [2.05, 4.69) is 0 Å². The summed E-state index contributed by atoms with van der Waals surface area (Å²) in [6.45, 7) is 0. The summed E-state index contributed by atoms with van der Waals surface area (Å²) in [5.41, 5.74) is -0.553. The van der Waals surface area contributed by atoms with Crippen LogP contribution in [0.3, 0.4) is 0 Å². The molecule has 0 radical (unpaired) electrons. The Labute approximate surface area is 79.0 Å². The predicted octanol–water partition coefficient (Wildman–Crippen LogP) is 2.36. The first-order valence-electron chi connectivity index (χ1n) is 5.16. The molecule has 3 heteroatoms. The van der Waals surface area contributed by atoms with Crippen LogP contribution in [-0.2, 0) is 9.62 Å². The average Bonchev–Trinajstić information content (AvgIpc) is 3.00. The predicted molar refractivity (Wildman–Crippen MR) is 48.5 cm³/mol. The van der Waals surface area contributed by atoms with Gasteiger partial charge in [-0.3, -0.25) is 5.26 Å². The topological polar surface area (TPSA) is 38.7 Å². The highest BCUT2D eigenvalue weighted by Crippen LogP contribution is 2.54. The molecule has 0 saturated heterocycles. The minimum absolute atomic E-state index is 0.165. The Kier molecular flexibility index (Phi) is 2.34. The second-order valence-electron chi connectivity index (χ2n) is 4.34. The highest BCUT2D eigenvalue weighted by molar-refractivity contribution is 5.12. The monoisotopic (exact) mass is 186 g/mol. The molecule has 0 atom stereocenters. The molecule has 2 saturated carbocycles. The number of rotatable bonds is 3. The van der Waals surface area contributed by atoms with Crippen LogP contribution in [0.4, 0.5) is 0 Å². The molecule has 0 aromatic rings. The molecule has 0 aromatic carbocycles. The summed E-state index contributed by atoms with van der Waals surface area (Å²) in [4.78, 5) is 4.77. The number of hydrogen-bond donors (Lipinski definition) is 1. The molecule has 0 unspecified atom stereocenters. The molecular weight excluding hydrogens is 168 g/mol. The van der Waals surface area contributed by atoms with Crippen molar-refractivity contribution in [3.05, 3.63) is 0 Å². The molecule has 2 fully saturated rings. The van der Waals surface area contributed by atoms with Gasteiger partial charge in [-0.15, -0.1) is 0 Å². The van der Waals surface area contributed by atoms with Gasteiger partial charge < -0.3 is 4.74 Å². The number of methoxy groups -OCH3 is 1. The van der Waals surface area contributed by atoms with Crippen molar-refractivity contribution >= 4 is 0 Å². The van der Waals surface area contributed by atoms with E-state index in [1.165, 1.54) is 6.42 Å². The van der Waals surface area contributed by atoms with Crippen molar-refractivity contribution < 1.29 is 14.9 Å². The molecule has 0 aromatic heterocycles. The molecule has 0 aliphatic heterocycles. The first-order chi connectivity index (χ1) is 6.29. The molecule has 3 nitrogen and oxygen atoms in total. The van der Waals surface area contributed by atoms with Crippen LogP contribution in [0.5, 0.6) is 0 Å². The van der Waals surface area contributed by atoms with Crippen molar-refractivity contribution in [2.24, 2.45) is 0 Å². The lowest BCUT2D eigenvalue weighted by atomic mass is 9.79. The third-order valence-corrected chi connectivity index (χ3v) is 3.76. The molecule has 76 valence electrons. The van der Waals surface area contributed by atoms with E-state index < -0.39 is 0 Å². The highest BCUT2D eigenvalue weighted by Gasteiger charge is 2.61. The molecule has 2 aliphatic carbocycles. The van der Waals surface area contributed by atoms with Gasteiger partial charge >= 0.3 is 0 Å². The smallest absolute Gasteiger partial charge is 0.132 e. The maximum absolute atomic E-state index is 9.07. The molecule has 0 amide bonds. The van der Waals surface area contributed by atoms with E-state index in [-0.39, 0.29) is 11.2 Å². The normalized spacial score (nSPS) is 30.0. The van der Waals surface area contributed by atoms with E-state index in [0.717, 1.165) is 38.5 Å². The Morgan fingerprint density at radius 2 is 1.54 bits per heavy atom. The fraction of sp³-hybridized carbons (Fsp3) is 1.00. The quantitative estimate of drug-likeness (QED) is 0.543. The van der Waals surface area contributed by atoms with Gasteiger partial charge in [0.1, 0.15) is 11.2 Å². The summed E-state index contributed by atoms with van der Waals surface area (Å²) in [7, 11) is 1.72. The van der Waals surface area contributed by atoms with Crippen molar-refractivity contribution in [1.82, 2.24) is 0 Å². The van der Waals surface area contributed by atoms with Crippen LogP contribution in [0.1, 0.15) is 44.9 Å². The molecular formula is C10H18O3. The molecule has 2 rings (SSSR count). The van der Waals surface area contributed by atoms with E-state index in [9.17, 15) is 0 Å². The fourth-order valence-electron chi connectivity index (χ4n) is 2.71. The molecule has 2 aliphatic rings. The third-order valence-electron chi connectivity index (χ3n) is 3.76. The Balaban J connectivity index is 2.13. The van der Waals surface area contributed by atoms with E-state index in [1.54, 1.807) is 7.11 Å². The zero-order valence-corrected chi connectivity index (χ0v) is 8.21. The standard InChI is InChI=1S/C10H18O3/c1-12-9(7-8-9)10(13-11)5-3-2-4-6-10/h11H,2-8H2,1H3. The minimum Gasteiger partial charge on any atom is -0.375 e. The van der Waals surface area contributed by atoms with E-state index in [0.29, 0.717) is 0 Å². The van der Waals surface area contributed by atoms with E-state index >= 15 is 0 Å². The second-order valence-corrected chi connectivity index (χ2v) is 4.34. The lowest BCUT2D eigenvalue weighted by Crippen LogP contribution is -2.48. The van der Waals surface area contributed by atoms with Gasteiger partial charge in [0, 0.05) is 7.11 Å². The Morgan fingerprint density at radius 1 is 0.923 bits per heavy atom. The van der Waals surface area contributed by atoms with Gasteiger partial charge in [0.15, 0.2) is 0 Å². The van der Waals surface area contributed by atoms with E-state index in [4.69, 9.17) is 14.9 Å². The van der Waals surface area contributed by atoms with Crippen LogP contribution in [0, 0.1) is 0 Å². The first-order valence-corrected chi connectivity index (χ1v) is 5.16. The zero-order valence-electron chi connectivity index (χ0n) is 8.21. The van der Waals surface area contributed by atoms with Crippen LogP contribution >= 0.6 is 0 Å². The van der Waals surface area contributed by atoms with Gasteiger partial charge in [-0.1, -0.05) is 19.3 Å². The van der Waals surface area contributed by atoms with Crippen molar-refractivity contribution in [2.75, 3.05) is 7.11 Å². The Bertz CT molecular complexity index is 181. The summed E-state index contributed by atoms with van der Waals surface area (Å²) < 4.78 is 5.50. The van der Waals surface area contributed by atoms with Gasteiger partial charge in [-0.25, -0.2) is 4.89 Å². The van der Waals surface area contributed by atoms with Crippen LogP contribution in [0.15, 0.2) is 0 Å². The average molecular weight is 186 g/mol. The SMILES string of the molecule is COC1(C2(OO)CCCCC2)CC1. The fourth-order valence-corrected chi connectivity index (χ4v) is 2.71. The third kappa shape index (κ3) is 1.30. The second kappa shape index (κ2) is 3.23. The summed E-state index contributed by atoms with van der Waals surface area (Å²) in [6.07, 6.45) is 7.49. The number of ether oxygens (including phenoxy) is 1. The highest BCUT2D eigenvalue weighted by atomic mass is 17.1. The molecule has 0 heterocycles. The largest absolute Gasteiger partial charge is 0.375 e. The van der Waals surface area contributed by atoms with Crippen molar-refractivity contribution in [3.63, 3.8) is 0 Å². The minimum atomic E-state index is -0.389. The summed E-state index contributed by atoms with van der Waals surface area (Å²) in [5, 5.41) is 9.07. The summed E-state index contributed by atoms with van der Waals surface area (Å²) in [6, 6.07) is 0. The van der Waals surface area contributed by atoms with Gasteiger partial charge in [0.05, 0.1) is 0 Å². The van der Waals surface area contributed by atoms with Gasteiger partial charge in [0.2, 0.25) is 0 Å². The molecule has 0 bridgehead atoms. The maximum Gasteiger partial charge on any atom is 0.132 e. The Morgan fingerprint density at radius 3 is 1.92 bits per heavy atom. The van der Waals surface area contributed by atoms with Crippen LogP contribution < -0.4 is 0 Å². The zero-order chi connectivity index (χ0) is 9.36. The van der Waals surface area contributed by atoms with Crippen LogP contribution in [0.25, 0.3) is 0 Å². The lowest BCUT2D eigenvalue weighted by Gasteiger charge is -2.40. The first kappa shape index (κ1) is 9.44.